The molecule has 0 atom stereocenters. The number of alkyl halides is 6. The largest absolute Gasteiger partial charge is 0.546 e. The van der Waals surface area contributed by atoms with Crippen molar-refractivity contribution in [3.63, 3.8) is 0 Å². The average Bonchev–Trinajstić information content (AvgIpc) is 2.74. The van der Waals surface area contributed by atoms with E-state index in [1.807, 2.05) is 0 Å². The van der Waals surface area contributed by atoms with Crippen LogP contribution in [0.3, 0.4) is 0 Å². The Morgan fingerprint density at radius 2 is 0.875 bits per heavy atom. The fourth-order valence-corrected chi connectivity index (χ4v) is 4.57. The topological polar surface area (TPSA) is 60.4 Å². The van der Waals surface area contributed by atoms with Gasteiger partial charge in [0.1, 0.15) is 0 Å². The summed E-state index contributed by atoms with van der Waals surface area (Å²) in [5.74, 6) is -3.66. The minimum Gasteiger partial charge on any atom is -0.546 e. The van der Waals surface area contributed by atoms with Crippen LogP contribution in [-0.4, -0.2) is 29.0 Å². The molecule has 0 radical (unpaired) electrons. The Bertz CT molecular complexity index is 885. The summed E-state index contributed by atoms with van der Waals surface area (Å²) < 4.78 is 68.8. The monoisotopic (exact) mass is 474 g/mol. The maximum atomic E-state index is 11.5. The molecule has 3 aromatic rings. The lowest BCUT2D eigenvalue weighted by atomic mass is 10.0. The molecule has 0 aromatic heterocycles. The van der Waals surface area contributed by atoms with Crippen LogP contribution in [0, 0.1) is 0 Å². The number of aliphatic hydroxyl groups is 1. The number of carboxylic acids is 1. The fraction of sp³-hybridized carbons (Fsp3) is 0.136. The standard InChI is InChI=1S/C18H15S.C4H2F6O3/c1-4-10-16(11-5-1)19(17-12-6-2-7-13-17)18-14-8-3-9-15-18;5-3(6,7)2(13,1(11)12)4(8,9)10/h1-15H;13H,(H,11,12)/q+1;/p-1. The Morgan fingerprint density at radius 3 is 1.03 bits per heavy atom. The number of hydrogen-bond acceptors (Lipinski definition) is 3. The highest BCUT2D eigenvalue weighted by molar-refractivity contribution is 7.97. The van der Waals surface area contributed by atoms with Gasteiger partial charge in [0.2, 0.25) is 0 Å². The summed E-state index contributed by atoms with van der Waals surface area (Å²) in [4.78, 5) is 13.6. The first-order chi connectivity index (χ1) is 14.9. The number of halogens is 6. The van der Waals surface area contributed by atoms with Crippen molar-refractivity contribution in [1.82, 2.24) is 0 Å². The Kier molecular flexibility index (Phi) is 7.97. The zero-order valence-electron chi connectivity index (χ0n) is 16.1. The number of benzene rings is 3. The van der Waals surface area contributed by atoms with Crippen LogP contribution in [0.15, 0.2) is 106 Å². The van der Waals surface area contributed by atoms with Crippen LogP contribution >= 0.6 is 0 Å². The molecule has 0 bridgehead atoms. The van der Waals surface area contributed by atoms with Crippen LogP contribution in [0.2, 0.25) is 0 Å². The fourth-order valence-electron chi connectivity index (χ4n) is 2.47. The van der Waals surface area contributed by atoms with Gasteiger partial charge in [-0.2, -0.15) is 26.3 Å². The Hall–Kier alpha value is -2.98. The minimum atomic E-state index is -6.37. The number of carbonyl (C=O) groups excluding carboxylic acids is 1. The summed E-state index contributed by atoms with van der Waals surface area (Å²) >= 11 is 0. The first-order valence-corrected chi connectivity index (χ1v) is 10.1. The molecular formula is C22H16F6O3S. The van der Waals surface area contributed by atoms with Gasteiger partial charge in [-0.15, -0.1) is 0 Å². The van der Waals surface area contributed by atoms with Gasteiger partial charge in [0.15, 0.2) is 14.7 Å². The van der Waals surface area contributed by atoms with Gasteiger partial charge in [-0.25, -0.2) is 0 Å². The van der Waals surface area contributed by atoms with Gasteiger partial charge < -0.3 is 15.0 Å². The first kappa shape index (κ1) is 25.3. The van der Waals surface area contributed by atoms with E-state index in [1.54, 1.807) is 0 Å². The highest BCUT2D eigenvalue weighted by Crippen LogP contribution is 2.42. The van der Waals surface area contributed by atoms with Crippen molar-refractivity contribution in [3.05, 3.63) is 91.0 Å². The molecule has 0 aliphatic rings. The molecule has 0 saturated carbocycles. The Balaban J connectivity index is 0.000000247. The van der Waals surface area contributed by atoms with Crippen molar-refractivity contribution >= 4 is 16.9 Å². The quantitative estimate of drug-likeness (QED) is 0.451. The van der Waals surface area contributed by atoms with Crippen LogP contribution in [0.25, 0.3) is 0 Å². The molecule has 3 aromatic carbocycles. The van der Waals surface area contributed by atoms with E-state index in [0.717, 1.165) is 0 Å². The summed E-state index contributed by atoms with van der Waals surface area (Å²) in [7, 11) is -0.0146. The molecule has 170 valence electrons. The first-order valence-electron chi connectivity index (χ1n) is 8.86. The summed E-state index contributed by atoms with van der Waals surface area (Å²) in [6.45, 7) is 0. The second-order valence-electron chi connectivity index (χ2n) is 6.24. The number of carboxylic acid groups (broad SMARTS) is 1. The maximum absolute atomic E-state index is 11.5. The molecule has 0 spiro atoms. The molecule has 0 fully saturated rings. The maximum Gasteiger partial charge on any atom is 0.431 e. The zero-order chi connectivity index (χ0) is 24.0. The number of rotatable bonds is 4. The van der Waals surface area contributed by atoms with Crippen molar-refractivity contribution in [2.24, 2.45) is 0 Å². The van der Waals surface area contributed by atoms with Crippen molar-refractivity contribution in [2.45, 2.75) is 32.6 Å². The predicted molar refractivity (Wildman–Crippen MR) is 104 cm³/mol. The summed E-state index contributed by atoms with van der Waals surface area (Å²) in [5.41, 5.74) is -5.82. The van der Waals surface area contributed by atoms with Crippen molar-refractivity contribution in [2.75, 3.05) is 0 Å². The second kappa shape index (κ2) is 10.1. The van der Waals surface area contributed by atoms with E-state index in [1.165, 1.54) is 14.7 Å². The third kappa shape index (κ3) is 5.63. The van der Waals surface area contributed by atoms with E-state index in [-0.39, 0.29) is 10.9 Å². The highest BCUT2D eigenvalue weighted by atomic mass is 32.2. The van der Waals surface area contributed by atoms with E-state index in [4.69, 9.17) is 5.11 Å². The van der Waals surface area contributed by atoms with Crippen LogP contribution < -0.4 is 5.11 Å². The van der Waals surface area contributed by atoms with Gasteiger partial charge in [0.25, 0.3) is 5.60 Å². The van der Waals surface area contributed by atoms with Gasteiger partial charge in [-0.3, -0.25) is 0 Å². The van der Waals surface area contributed by atoms with Crippen LogP contribution in [0.1, 0.15) is 0 Å². The Labute approximate surface area is 182 Å². The van der Waals surface area contributed by atoms with Crippen LogP contribution in [0.5, 0.6) is 0 Å². The molecule has 3 rings (SSSR count). The molecule has 32 heavy (non-hydrogen) atoms. The molecule has 3 nitrogen and oxygen atoms in total. The molecular weight excluding hydrogens is 458 g/mol. The normalized spacial score (nSPS) is 12.1. The molecule has 0 amide bonds. The molecule has 0 saturated heterocycles. The number of carbonyl (C=O) groups is 1. The predicted octanol–water partition coefficient (Wildman–Crippen LogP) is 4.37. The van der Waals surface area contributed by atoms with Gasteiger partial charge in [-0.05, 0) is 36.4 Å². The van der Waals surface area contributed by atoms with E-state index >= 15 is 0 Å². The molecule has 0 heterocycles. The van der Waals surface area contributed by atoms with Gasteiger partial charge in [0.05, 0.1) is 16.9 Å². The van der Waals surface area contributed by atoms with Crippen LogP contribution in [0.4, 0.5) is 26.3 Å². The summed E-state index contributed by atoms with van der Waals surface area (Å²) in [6, 6.07) is 32.2. The van der Waals surface area contributed by atoms with Crippen LogP contribution in [-0.2, 0) is 15.7 Å². The Morgan fingerprint density at radius 1 is 0.625 bits per heavy atom. The van der Waals surface area contributed by atoms with Crippen molar-refractivity contribution < 1.29 is 41.4 Å². The third-order valence-corrected chi connectivity index (χ3v) is 6.28. The van der Waals surface area contributed by atoms with E-state index in [0.29, 0.717) is 0 Å². The van der Waals surface area contributed by atoms with Gasteiger partial charge in [-0.1, -0.05) is 54.6 Å². The molecule has 1 N–H and O–H groups in total. The molecule has 0 unspecified atom stereocenters. The lowest BCUT2D eigenvalue weighted by Crippen LogP contribution is -2.66. The van der Waals surface area contributed by atoms with Gasteiger partial charge >= 0.3 is 12.4 Å². The lowest BCUT2D eigenvalue weighted by Gasteiger charge is -2.32. The smallest absolute Gasteiger partial charge is 0.431 e. The SMILES string of the molecule is O=C([O-])C(O)(C(F)(F)F)C(F)(F)F.c1ccc([S+](c2ccccc2)c2ccccc2)cc1. The molecule has 10 heteroatoms. The van der Waals surface area contributed by atoms with Crippen molar-refractivity contribution in [1.29, 1.82) is 0 Å². The number of hydrogen-bond donors (Lipinski definition) is 1. The second-order valence-corrected chi connectivity index (χ2v) is 8.27. The van der Waals surface area contributed by atoms with E-state index < -0.39 is 23.9 Å². The summed E-state index contributed by atoms with van der Waals surface area (Å²) in [5, 5.41) is 17.4. The molecule has 0 aliphatic carbocycles. The third-order valence-electron chi connectivity index (χ3n) is 4.05. The van der Waals surface area contributed by atoms with Gasteiger partial charge in [0, 0.05) is 0 Å². The van der Waals surface area contributed by atoms with E-state index in [9.17, 15) is 36.2 Å². The lowest BCUT2D eigenvalue weighted by molar-refractivity contribution is -0.402. The highest BCUT2D eigenvalue weighted by Gasteiger charge is 2.71. The minimum absolute atomic E-state index is 0.0146. The average molecular weight is 474 g/mol. The summed E-state index contributed by atoms with van der Waals surface area (Å²) in [6.07, 6.45) is -12.7. The van der Waals surface area contributed by atoms with Crippen molar-refractivity contribution in [3.8, 4) is 0 Å². The van der Waals surface area contributed by atoms with E-state index in [2.05, 4.69) is 91.0 Å². The number of aliphatic carboxylic acids is 1. The molecule has 0 aliphatic heterocycles. The zero-order valence-corrected chi connectivity index (χ0v) is 16.9.